The summed E-state index contributed by atoms with van der Waals surface area (Å²) < 4.78 is 5.14. The molecule has 0 radical (unpaired) electrons. The second-order valence-electron chi connectivity index (χ2n) is 6.12. The van der Waals surface area contributed by atoms with Crippen molar-refractivity contribution in [2.24, 2.45) is 0 Å². The Kier molecular flexibility index (Phi) is 5.34. The Morgan fingerprint density at radius 1 is 1.20 bits per heavy atom. The molecule has 0 saturated carbocycles. The van der Waals surface area contributed by atoms with Crippen LogP contribution in [0.4, 0.5) is 0 Å². The number of ether oxygens (including phenoxy) is 1. The predicted molar refractivity (Wildman–Crippen MR) is 100 cm³/mol. The zero-order valence-electron chi connectivity index (χ0n) is 14.4. The van der Waals surface area contributed by atoms with Gasteiger partial charge < -0.3 is 9.72 Å². The number of hydrogen-bond acceptors (Lipinski definition) is 4. The SMILES string of the molecule is Cc1cc(C(=O)COC(=O)CCCc2c[nH]c3ccccc23)c(C)s1. The highest BCUT2D eigenvalue weighted by molar-refractivity contribution is 7.12. The summed E-state index contributed by atoms with van der Waals surface area (Å²) in [6.07, 6.45) is 3.80. The van der Waals surface area contributed by atoms with Crippen molar-refractivity contribution in [3.8, 4) is 0 Å². The topological polar surface area (TPSA) is 59.2 Å². The van der Waals surface area contributed by atoms with E-state index in [-0.39, 0.29) is 18.4 Å². The third-order valence-corrected chi connectivity index (χ3v) is 5.17. The van der Waals surface area contributed by atoms with Crippen molar-refractivity contribution < 1.29 is 14.3 Å². The number of carbonyl (C=O) groups excluding carboxylic acids is 2. The van der Waals surface area contributed by atoms with E-state index in [4.69, 9.17) is 4.74 Å². The van der Waals surface area contributed by atoms with E-state index >= 15 is 0 Å². The summed E-state index contributed by atoms with van der Waals surface area (Å²) in [6, 6.07) is 9.96. The first kappa shape index (κ1) is 17.4. The molecule has 0 unspecified atom stereocenters. The first-order chi connectivity index (χ1) is 12.0. The van der Waals surface area contributed by atoms with Crippen molar-refractivity contribution in [1.82, 2.24) is 4.98 Å². The zero-order chi connectivity index (χ0) is 17.8. The average Bonchev–Trinajstić information content (AvgIpc) is 3.16. The number of aromatic nitrogens is 1. The average molecular weight is 355 g/mol. The van der Waals surface area contributed by atoms with Gasteiger partial charge in [-0.25, -0.2) is 0 Å². The molecule has 1 N–H and O–H groups in total. The smallest absolute Gasteiger partial charge is 0.306 e. The lowest BCUT2D eigenvalue weighted by Crippen LogP contribution is -2.14. The molecule has 3 aromatic rings. The third-order valence-electron chi connectivity index (χ3n) is 4.21. The molecule has 5 heteroatoms. The quantitative estimate of drug-likeness (QED) is 0.498. The Hall–Kier alpha value is -2.40. The number of para-hydroxylation sites is 1. The molecule has 130 valence electrons. The number of fused-ring (bicyclic) bond motifs is 1. The maximum atomic E-state index is 12.1. The Morgan fingerprint density at radius 2 is 2.00 bits per heavy atom. The summed E-state index contributed by atoms with van der Waals surface area (Å²) in [6.45, 7) is 3.70. The van der Waals surface area contributed by atoms with E-state index in [1.165, 1.54) is 10.9 Å². The number of rotatable bonds is 7. The highest BCUT2D eigenvalue weighted by Gasteiger charge is 2.14. The number of ketones is 1. The minimum atomic E-state index is -0.321. The normalized spacial score (nSPS) is 11.0. The van der Waals surface area contributed by atoms with Crippen molar-refractivity contribution in [2.45, 2.75) is 33.1 Å². The van der Waals surface area contributed by atoms with Gasteiger partial charge in [-0.2, -0.15) is 0 Å². The van der Waals surface area contributed by atoms with Gasteiger partial charge in [-0.3, -0.25) is 9.59 Å². The van der Waals surface area contributed by atoms with Crippen LogP contribution >= 0.6 is 11.3 Å². The maximum absolute atomic E-state index is 12.1. The molecule has 0 aliphatic heterocycles. The standard InChI is InChI=1S/C20H21NO3S/c1-13-10-17(14(2)25-13)19(22)12-24-20(23)9-5-6-15-11-21-18-8-4-3-7-16(15)18/h3-4,7-8,10-11,21H,5-6,9,12H2,1-2H3. The number of carbonyl (C=O) groups is 2. The molecular formula is C20H21NO3S. The Labute approximate surface area is 150 Å². The Bertz CT molecular complexity index is 907. The minimum absolute atomic E-state index is 0.133. The second-order valence-corrected chi connectivity index (χ2v) is 7.58. The summed E-state index contributed by atoms with van der Waals surface area (Å²) in [4.78, 5) is 29.3. The number of Topliss-reactive ketones (excluding diaryl/α,β-unsaturated/α-hetero) is 1. The van der Waals surface area contributed by atoms with Crippen molar-refractivity contribution in [3.05, 3.63) is 57.4 Å². The van der Waals surface area contributed by atoms with Crippen LogP contribution in [0.15, 0.2) is 36.5 Å². The fourth-order valence-corrected chi connectivity index (χ4v) is 3.91. The fraction of sp³-hybridized carbons (Fsp3) is 0.300. The summed E-state index contributed by atoms with van der Waals surface area (Å²) >= 11 is 1.58. The zero-order valence-corrected chi connectivity index (χ0v) is 15.2. The fourth-order valence-electron chi connectivity index (χ4n) is 2.97. The van der Waals surface area contributed by atoms with Gasteiger partial charge in [0.15, 0.2) is 6.61 Å². The second kappa shape index (κ2) is 7.66. The van der Waals surface area contributed by atoms with E-state index < -0.39 is 0 Å². The largest absolute Gasteiger partial charge is 0.457 e. The lowest BCUT2D eigenvalue weighted by molar-refractivity contribution is -0.142. The van der Waals surface area contributed by atoms with Gasteiger partial charge in [-0.1, -0.05) is 18.2 Å². The summed E-state index contributed by atoms with van der Waals surface area (Å²) in [5, 5.41) is 1.19. The van der Waals surface area contributed by atoms with E-state index in [0.717, 1.165) is 21.7 Å². The van der Waals surface area contributed by atoms with Crippen LogP contribution in [0, 0.1) is 13.8 Å². The lowest BCUT2D eigenvalue weighted by Gasteiger charge is -2.04. The molecule has 0 fully saturated rings. The van der Waals surface area contributed by atoms with Crippen LogP contribution in [0.3, 0.4) is 0 Å². The van der Waals surface area contributed by atoms with E-state index in [1.54, 1.807) is 11.3 Å². The maximum Gasteiger partial charge on any atom is 0.306 e. The third kappa shape index (κ3) is 4.17. The van der Waals surface area contributed by atoms with Gasteiger partial charge in [0.05, 0.1) is 0 Å². The molecule has 4 nitrogen and oxygen atoms in total. The molecule has 0 bridgehead atoms. The molecule has 0 saturated heterocycles. The van der Waals surface area contributed by atoms with E-state index in [2.05, 4.69) is 11.1 Å². The number of esters is 1. The van der Waals surface area contributed by atoms with Crippen LogP contribution in [-0.4, -0.2) is 23.3 Å². The molecule has 0 spiro atoms. The lowest BCUT2D eigenvalue weighted by atomic mass is 10.1. The number of thiophene rings is 1. The molecule has 0 aliphatic rings. The van der Waals surface area contributed by atoms with Gasteiger partial charge in [-0.05, 0) is 44.4 Å². The van der Waals surface area contributed by atoms with Crippen molar-refractivity contribution in [2.75, 3.05) is 6.61 Å². The summed E-state index contributed by atoms with van der Waals surface area (Å²) in [5.74, 6) is -0.454. The van der Waals surface area contributed by atoms with E-state index in [0.29, 0.717) is 18.4 Å². The van der Waals surface area contributed by atoms with Crippen LogP contribution in [0.2, 0.25) is 0 Å². The first-order valence-electron chi connectivity index (χ1n) is 8.35. The summed E-state index contributed by atoms with van der Waals surface area (Å²) in [5.41, 5.74) is 2.96. The Morgan fingerprint density at radius 3 is 2.76 bits per heavy atom. The highest BCUT2D eigenvalue weighted by Crippen LogP contribution is 2.21. The van der Waals surface area contributed by atoms with E-state index in [1.807, 2.05) is 44.3 Å². The summed E-state index contributed by atoms with van der Waals surface area (Å²) in [7, 11) is 0. The molecule has 2 aromatic heterocycles. The van der Waals surface area contributed by atoms with Crippen LogP contribution < -0.4 is 0 Å². The van der Waals surface area contributed by atoms with Gasteiger partial charge in [0.25, 0.3) is 0 Å². The molecule has 1 aromatic carbocycles. The van der Waals surface area contributed by atoms with Crippen molar-refractivity contribution in [3.63, 3.8) is 0 Å². The predicted octanol–water partition coefficient (Wildman–Crippen LogP) is 4.60. The highest BCUT2D eigenvalue weighted by atomic mass is 32.1. The molecular weight excluding hydrogens is 334 g/mol. The molecule has 3 rings (SSSR count). The molecule has 0 amide bonds. The molecule has 2 heterocycles. The number of aromatic amines is 1. The molecule has 0 atom stereocenters. The monoisotopic (exact) mass is 355 g/mol. The van der Waals surface area contributed by atoms with E-state index in [9.17, 15) is 9.59 Å². The molecule has 0 aliphatic carbocycles. The van der Waals surface area contributed by atoms with Crippen LogP contribution in [0.5, 0.6) is 0 Å². The van der Waals surface area contributed by atoms with Gasteiger partial charge in [0, 0.05) is 38.8 Å². The van der Waals surface area contributed by atoms with Gasteiger partial charge in [0.2, 0.25) is 5.78 Å². The van der Waals surface area contributed by atoms with Crippen LogP contribution in [0.25, 0.3) is 10.9 Å². The molecule has 25 heavy (non-hydrogen) atoms. The number of benzene rings is 1. The van der Waals surface area contributed by atoms with Gasteiger partial charge in [0.1, 0.15) is 0 Å². The minimum Gasteiger partial charge on any atom is -0.457 e. The van der Waals surface area contributed by atoms with Gasteiger partial charge in [-0.15, -0.1) is 11.3 Å². The van der Waals surface area contributed by atoms with Crippen molar-refractivity contribution in [1.29, 1.82) is 0 Å². The van der Waals surface area contributed by atoms with Gasteiger partial charge >= 0.3 is 5.97 Å². The Balaban J connectivity index is 1.45. The van der Waals surface area contributed by atoms with Crippen LogP contribution in [-0.2, 0) is 16.0 Å². The number of H-pyrrole nitrogens is 1. The number of hydrogen-bond donors (Lipinski definition) is 1. The number of aryl methyl sites for hydroxylation is 3. The van der Waals surface area contributed by atoms with Crippen LogP contribution in [0.1, 0.15) is 38.5 Å². The number of nitrogens with one attached hydrogen (secondary N) is 1. The first-order valence-corrected chi connectivity index (χ1v) is 9.17. The van der Waals surface area contributed by atoms with Crippen molar-refractivity contribution >= 4 is 34.0 Å².